The Balaban J connectivity index is 3.30. The quantitative estimate of drug-likeness (QED) is 0.771. The van der Waals surface area contributed by atoms with E-state index in [1.807, 2.05) is 20.8 Å². The first-order valence-corrected chi connectivity index (χ1v) is 6.58. The zero-order chi connectivity index (χ0) is 17.3. The van der Waals surface area contributed by atoms with E-state index in [4.69, 9.17) is 16.7 Å². The molecule has 0 aromatic rings. The van der Waals surface area contributed by atoms with Crippen LogP contribution in [0.1, 0.15) is 20.8 Å². The molecule has 0 saturated heterocycles. The first-order chi connectivity index (χ1) is 9.81. The van der Waals surface area contributed by atoms with Crippen LogP contribution in [0.4, 0.5) is 13.2 Å². The largest absolute Gasteiger partial charge is 0.478 e. The van der Waals surface area contributed by atoms with E-state index >= 15 is 0 Å². The number of halogens is 4. The van der Waals surface area contributed by atoms with Gasteiger partial charge in [-0.15, -0.1) is 0 Å². The molecule has 7 heteroatoms. The number of carboxylic acids is 1. The van der Waals surface area contributed by atoms with E-state index in [1.165, 1.54) is 12.2 Å². The molecule has 0 aromatic carbocycles. The summed E-state index contributed by atoms with van der Waals surface area (Å²) < 4.78 is 36.9. The van der Waals surface area contributed by atoms with Crippen molar-refractivity contribution in [1.29, 1.82) is 0 Å². The first-order valence-electron chi connectivity index (χ1n) is 6.20. The summed E-state index contributed by atoms with van der Waals surface area (Å²) in [6, 6.07) is 0. The molecule has 0 spiro atoms. The smallest absolute Gasteiger partial charge is 0.410 e. The Morgan fingerprint density at radius 1 is 1.23 bits per heavy atom. The number of carboxylic acid groups (broad SMARTS) is 1. The lowest BCUT2D eigenvalue weighted by atomic mass is 9.82. The normalized spacial score (nSPS) is 19.1. The summed E-state index contributed by atoms with van der Waals surface area (Å²) in [5, 5.41) is 9.00. The minimum atomic E-state index is -4.80. The van der Waals surface area contributed by atoms with Gasteiger partial charge in [-0.25, -0.2) is 4.79 Å². The SMILES string of the molecule is CC(C)(C)C1=CC(=O)/C(=C\C(=C\C(F)(F)F)C(=O)O)C=C1Cl. The summed E-state index contributed by atoms with van der Waals surface area (Å²) in [4.78, 5) is 22.8. The molecule has 0 radical (unpaired) electrons. The fourth-order valence-corrected chi connectivity index (χ4v) is 2.22. The van der Waals surface area contributed by atoms with Gasteiger partial charge in [-0.1, -0.05) is 32.4 Å². The van der Waals surface area contributed by atoms with Crippen molar-refractivity contribution >= 4 is 23.4 Å². The topological polar surface area (TPSA) is 54.4 Å². The Kier molecular flexibility index (Phi) is 5.07. The Morgan fingerprint density at radius 2 is 1.77 bits per heavy atom. The molecule has 0 fully saturated rings. The summed E-state index contributed by atoms with van der Waals surface area (Å²) in [5.41, 5.74) is -1.14. The Morgan fingerprint density at radius 3 is 2.18 bits per heavy atom. The molecule has 0 heterocycles. The molecule has 0 aromatic heterocycles. The van der Waals surface area contributed by atoms with Gasteiger partial charge in [0.05, 0.1) is 5.57 Å². The molecule has 1 rings (SSSR count). The van der Waals surface area contributed by atoms with Crippen molar-refractivity contribution in [2.24, 2.45) is 5.41 Å². The van der Waals surface area contributed by atoms with Crippen LogP contribution in [0.5, 0.6) is 0 Å². The second-order valence-corrected chi connectivity index (χ2v) is 6.12. The highest BCUT2D eigenvalue weighted by Crippen LogP contribution is 2.37. The van der Waals surface area contributed by atoms with E-state index in [-0.39, 0.29) is 16.7 Å². The number of rotatable bonds is 2. The molecule has 0 unspecified atom stereocenters. The number of allylic oxidation sites excluding steroid dienone is 6. The van der Waals surface area contributed by atoms with Crippen LogP contribution in [0.3, 0.4) is 0 Å². The summed E-state index contributed by atoms with van der Waals surface area (Å²) in [6.07, 6.45) is -2.13. The average molecular weight is 335 g/mol. The monoisotopic (exact) mass is 334 g/mol. The van der Waals surface area contributed by atoms with Gasteiger partial charge in [-0.2, -0.15) is 13.2 Å². The van der Waals surface area contributed by atoms with Gasteiger partial charge in [-0.05, 0) is 29.2 Å². The van der Waals surface area contributed by atoms with Crippen LogP contribution in [-0.4, -0.2) is 23.0 Å². The molecular formula is C15H14ClF3O3. The number of ketones is 1. The predicted molar refractivity (Wildman–Crippen MR) is 76.3 cm³/mol. The van der Waals surface area contributed by atoms with Crippen LogP contribution >= 0.6 is 11.6 Å². The molecule has 0 amide bonds. The van der Waals surface area contributed by atoms with Crippen molar-refractivity contribution in [3.05, 3.63) is 46.1 Å². The van der Waals surface area contributed by atoms with Gasteiger partial charge >= 0.3 is 12.1 Å². The molecule has 3 nitrogen and oxygen atoms in total. The van der Waals surface area contributed by atoms with E-state index in [0.29, 0.717) is 11.6 Å². The average Bonchev–Trinajstić information content (AvgIpc) is 2.29. The second-order valence-electron chi connectivity index (χ2n) is 5.71. The van der Waals surface area contributed by atoms with Gasteiger partial charge < -0.3 is 5.11 Å². The van der Waals surface area contributed by atoms with Crippen molar-refractivity contribution in [2.75, 3.05) is 0 Å². The number of carbonyl (C=O) groups excluding carboxylic acids is 1. The van der Waals surface area contributed by atoms with E-state index < -0.39 is 28.9 Å². The third-order valence-electron chi connectivity index (χ3n) is 2.78. The van der Waals surface area contributed by atoms with Crippen LogP contribution < -0.4 is 0 Å². The number of carbonyl (C=O) groups is 2. The number of aliphatic carboxylic acids is 1. The first kappa shape index (κ1) is 18.2. The van der Waals surface area contributed by atoms with Crippen LogP contribution in [-0.2, 0) is 9.59 Å². The van der Waals surface area contributed by atoms with Crippen LogP contribution in [0, 0.1) is 5.41 Å². The highest BCUT2D eigenvalue weighted by molar-refractivity contribution is 6.34. The minimum absolute atomic E-state index is 0.190. The zero-order valence-electron chi connectivity index (χ0n) is 12.1. The van der Waals surface area contributed by atoms with Gasteiger partial charge in [0.2, 0.25) is 0 Å². The van der Waals surface area contributed by atoms with Gasteiger partial charge in [0, 0.05) is 16.7 Å². The summed E-state index contributed by atoms with van der Waals surface area (Å²) in [7, 11) is 0. The minimum Gasteiger partial charge on any atom is -0.478 e. The standard InChI is InChI=1S/C15H14ClF3O3/c1-14(2,3)10-6-12(20)8(5-11(10)16)4-9(13(21)22)7-15(17,18)19/h4-7H,1-3H3,(H,21,22)/b8-4-,9-7-. The van der Waals surface area contributed by atoms with Crippen molar-refractivity contribution in [3.8, 4) is 0 Å². The molecule has 0 aliphatic heterocycles. The Hall–Kier alpha value is -1.82. The number of alkyl halides is 3. The third-order valence-corrected chi connectivity index (χ3v) is 3.10. The molecule has 120 valence electrons. The lowest BCUT2D eigenvalue weighted by Crippen LogP contribution is -2.16. The van der Waals surface area contributed by atoms with Crippen LogP contribution in [0.25, 0.3) is 0 Å². The highest BCUT2D eigenvalue weighted by Gasteiger charge is 2.28. The van der Waals surface area contributed by atoms with Gasteiger partial charge in [0.25, 0.3) is 0 Å². The maximum atomic E-state index is 12.3. The fraction of sp³-hybridized carbons (Fsp3) is 0.333. The molecule has 1 N–H and O–H groups in total. The molecule has 0 bridgehead atoms. The van der Waals surface area contributed by atoms with Crippen molar-refractivity contribution < 1.29 is 27.9 Å². The molecule has 1 aliphatic rings. The van der Waals surface area contributed by atoms with Gasteiger partial charge in [0.1, 0.15) is 0 Å². The van der Waals surface area contributed by atoms with Crippen molar-refractivity contribution in [1.82, 2.24) is 0 Å². The highest BCUT2D eigenvalue weighted by atomic mass is 35.5. The Bertz CT molecular complexity index is 629. The maximum absolute atomic E-state index is 12.3. The molecule has 22 heavy (non-hydrogen) atoms. The second kappa shape index (κ2) is 6.12. The van der Waals surface area contributed by atoms with E-state index in [0.717, 1.165) is 0 Å². The van der Waals surface area contributed by atoms with Crippen LogP contribution in [0.15, 0.2) is 46.1 Å². The number of hydrogen-bond donors (Lipinski definition) is 1. The van der Waals surface area contributed by atoms with E-state index in [1.54, 1.807) is 0 Å². The molecular weight excluding hydrogens is 321 g/mol. The van der Waals surface area contributed by atoms with Crippen molar-refractivity contribution in [2.45, 2.75) is 26.9 Å². The number of hydrogen-bond acceptors (Lipinski definition) is 2. The van der Waals surface area contributed by atoms with Gasteiger partial charge in [0.15, 0.2) is 5.78 Å². The Labute approximate surface area is 130 Å². The van der Waals surface area contributed by atoms with Crippen LogP contribution in [0.2, 0.25) is 0 Å². The fourth-order valence-electron chi connectivity index (χ4n) is 1.77. The molecule has 0 saturated carbocycles. The molecule has 1 aliphatic carbocycles. The van der Waals surface area contributed by atoms with Gasteiger partial charge in [-0.3, -0.25) is 4.79 Å². The van der Waals surface area contributed by atoms with Crippen molar-refractivity contribution in [3.63, 3.8) is 0 Å². The summed E-state index contributed by atoms with van der Waals surface area (Å²) in [6.45, 7) is 5.47. The lowest BCUT2D eigenvalue weighted by Gasteiger charge is -2.25. The van der Waals surface area contributed by atoms with E-state index in [2.05, 4.69) is 0 Å². The third kappa shape index (κ3) is 4.87. The summed E-state index contributed by atoms with van der Waals surface area (Å²) in [5.74, 6) is -2.38. The molecule has 0 atom stereocenters. The summed E-state index contributed by atoms with van der Waals surface area (Å²) >= 11 is 6.03. The van der Waals surface area contributed by atoms with E-state index in [9.17, 15) is 22.8 Å². The lowest BCUT2D eigenvalue weighted by molar-refractivity contribution is -0.133. The predicted octanol–water partition coefficient (Wildman–Crippen LogP) is 4.16. The zero-order valence-corrected chi connectivity index (χ0v) is 12.8. The maximum Gasteiger partial charge on any atom is 0.410 e.